The summed E-state index contributed by atoms with van der Waals surface area (Å²) in [5.74, 6) is 0.381. The van der Waals surface area contributed by atoms with Crippen molar-refractivity contribution in [1.82, 2.24) is 4.90 Å². The zero-order valence-electron chi connectivity index (χ0n) is 14.1. The van der Waals surface area contributed by atoms with Crippen LogP contribution in [0.3, 0.4) is 0 Å². The summed E-state index contributed by atoms with van der Waals surface area (Å²) in [6.07, 6.45) is 5.18. The molecule has 3 nitrogen and oxygen atoms in total. The smallest absolute Gasteiger partial charge is 0.248 e. The zero-order valence-corrected chi connectivity index (χ0v) is 17.3. The van der Waals surface area contributed by atoms with Crippen LogP contribution >= 0.6 is 33.4 Å². The van der Waals surface area contributed by atoms with Crippen molar-refractivity contribution in [2.45, 2.75) is 48.9 Å². The van der Waals surface area contributed by atoms with Crippen molar-refractivity contribution in [1.29, 1.82) is 0 Å². The molecular formula is C18H22ClNO2S3. The van der Waals surface area contributed by atoms with Crippen LogP contribution < -0.4 is 0 Å². The number of thiophene rings is 2. The molecule has 2 aromatic heterocycles. The van der Waals surface area contributed by atoms with Crippen molar-refractivity contribution in [3.05, 3.63) is 44.8 Å². The molecule has 0 aliphatic carbocycles. The lowest BCUT2D eigenvalue weighted by Crippen LogP contribution is -2.43. The Kier molecular flexibility index (Phi) is 4.78. The molecule has 2 aromatic rings. The van der Waals surface area contributed by atoms with Crippen LogP contribution in [0.1, 0.15) is 41.9 Å². The summed E-state index contributed by atoms with van der Waals surface area (Å²) in [5, 5.41) is 3.89. The van der Waals surface area contributed by atoms with Gasteiger partial charge in [0.15, 0.2) is 4.75 Å². The van der Waals surface area contributed by atoms with E-state index in [-0.39, 0.29) is 0 Å². The molecule has 25 heavy (non-hydrogen) atoms. The molecule has 0 N–H and O–H groups in total. The second-order valence-corrected chi connectivity index (χ2v) is 12.0. The molecule has 2 unspecified atom stereocenters. The van der Waals surface area contributed by atoms with Gasteiger partial charge in [0.05, 0.1) is 0 Å². The van der Waals surface area contributed by atoms with Crippen LogP contribution in [0.25, 0.3) is 0 Å². The van der Waals surface area contributed by atoms with Crippen molar-refractivity contribution in [3.63, 3.8) is 0 Å². The summed E-state index contributed by atoms with van der Waals surface area (Å²) in [7, 11) is 4.54. The molecule has 7 heteroatoms. The molecule has 0 radical (unpaired) electrons. The summed E-state index contributed by atoms with van der Waals surface area (Å²) >= 11 is 2.99. The number of hydrogen-bond acceptors (Lipinski definition) is 5. The molecule has 2 saturated heterocycles. The van der Waals surface area contributed by atoms with E-state index >= 15 is 0 Å². The predicted molar refractivity (Wildman–Crippen MR) is 106 cm³/mol. The van der Waals surface area contributed by atoms with Crippen molar-refractivity contribution >= 4 is 42.4 Å². The third-order valence-electron chi connectivity index (χ3n) is 6.03. The Morgan fingerprint density at radius 3 is 2.04 bits per heavy atom. The normalized spacial score (nSPS) is 27.7. The van der Waals surface area contributed by atoms with Crippen molar-refractivity contribution in [2.75, 3.05) is 7.05 Å². The van der Waals surface area contributed by atoms with E-state index in [9.17, 15) is 8.42 Å². The van der Waals surface area contributed by atoms with Gasteiger partial charge < -0.3 is 4.90 Å². The molecule has 2 fully saturated rings. The lowest BCUT2D eigenvalue weighted by Gasteiger charge is -2.40. The summed E-state index contributed by atoms with van der Waals surface area (Å²) in [4.78, 5) is 4.18. The molecule has 2 atom stereocenters. The minimum Gasteiger partial charge on any atom is -0.300 e. The van der Waals surface area contributed by atoms with Crippen LogP contribution in [0.15, 0.2) is 35.0 Å². The fourth-order valence-corrected chi connectivity index (χ4v) is 9.49. The molecule has 2 aliphatic rings. The Labute approximate surface area is 162 Å². The quantitative estimate of drug-likeness (QED) is 0.652. The highest BCUT2D eigenvalue weighted by Gasteiger charge is 2.51. The van der Waals surface area contributed by atoms with E-state index in [0.717, 1.165) is 22.6 Å². The minimum absolute atomic E-state index is 0.381. The van der Waals surface area contributed by atoms with E-state index in [0.29, 0.717) is 24.4 Å². The minimum atomic E-state index is -3.82. The third kappa shape index (κ3) is 3.00. The number of nitrogens with zero attached hydrogens (tertiary/aromatic N) is 1. The standard InChI is InChI=1S/C18H22ClNO2S3/c1-20-14-6-7-15(20)11-13(10-14)12-18(25(19,21)22,16-4-2-8-23-16)17-5-3-9-24-17/h2-5,8-9,13-15H,6-7,10-12H2,1H3. The fourth-order valence-electron chi connectivity index (χ4n) is 4.78. The molecule has 4 rings (SSSR count). The van der Waals surface area contributed by atoms with Crippen LogP contribution in [-0.2, 0) is 13.8 Å². The van der Waals surface area contributed by atoms with Crippen LogP contribution in [0, 0.1) is 5.92 Å². The van der Waals surface area contributed by atoms with Gasteiger partial charge in [-0.1, -0.05) is 12.1 Å². The van der Waals surface area contributed by atoms with E-state index in [2.05, 4.69) is 11.9 Å². The number of halogens is 1. The second kappa shape index (κ2) is 6.64. The van der Waals surface area contributed by atoms with Gasteiger partial charge in [-0.2, -0.15) is 0 Å². The van der Waals surface area contributed by atoms with E-state index in [1.165, 1.54) is 35.5 Å². The first-order valence-electron chi connectivity index (χ1n) is 8.66. The molecule has 136 valence electrons. The van der Waals surface area contributed by atoms with Crippen molar-refractivity contribution in [2.24, 2.45) is 5.92 Å². The highest BCUT2D eigenvalue weighted by molar-refractivity contribution is 8.14. The molecule has 0 spiro atoms. The van der Waals surface area contributed by atoms with E-state index in [1.807, 2.05) is 35.0 Å². The SMILES string of the molecule is CN1C2CCC1CC(CC(c1cccs1)(c1cccs1)S(=O)(=O)Cl)C2. The van der Waals surface area contributed by atoms with Crippen molar-refractivity contribution < 1.29 is 8.42 Å². The fraction of sp³-hybridized carbons (Fsp3) is 0.556. The molecule has 0 amide bonds. The first kappa shape index (κ1) is 18.0. The average Bonchev–Trinajstić information content (AvgIpc) is 3.28. The second-order valence-electron chi connectivity index (χ2n) is 7.31. The Morgan fingerprint density at radius 1 is 1.12 bits per heavy atom. The molecule has 0 aromatic carbocycles. The number of rotatable bonds is 5. The monoisotopic (exact) mass is 415 g/mol. The van der Waals surface area contributed by atoms with Gasteiger partial charge >= 0.3 is 0 Å². The summed E-state index contributed by atoms with van der Waals surface area (Å²) in [5.41, 5.74) is 0. The molecule has 2 aliphatic heterocycles. The maximum Gasteiger partial charge on any atom is 0.248 e. The van der Waals surface area contributed by atoms with Crippen LogP contribution in [-0.4, -0.2) is 32.4 Å². The van der Waals surface area contributed by atoms with Crippen molar-refractivity contribution in [3.8, 4) is 0 Å². The summed E-state index contributed by atoms with van der Waals surface area (Å²) in [6, 6.07) is 8.87. The van der Waals surface area contributed by atoms with Gasteiger partial charge in [-0.3, -0.25) is 0 Å². The van der Waals surface area contributed by atoms with Gasteiger partial charge in [0.25, 0.3) is 0 Å². The van der Waals surface area contributed by atoms with E-state index in [1.54, 1.807) is 0 Å². The maximum absolute atomic E-state index is 12.9. The third-order valence-corrected chi connectivity index (χ3v) is 10.6. The van der Waals surface area contributed by atoms with Gasteiger partial charge in [-0.05, 0) is 68.0 Å². The van der Waals surface area contributed by atoms with E-state index in [4.69, 9.17) is 10.7 Å². The lowest BCUT2D eigenvalue weighted by atomic mass is 9.82. The first-order valence-corrected chi connectivity index (χ1v) is 12.7. The molecule has 0 saturated carbocycles. The van der Waals surface area contributed by atoms with Gasteiger partial charge in [0, 0.05) is 32.5 Å². The van der Waals surface area contributed by atoms with Crippen LogP contribution in [0.4, 0.5) is 0 Å². The van der Waals surface area contributed by atoms with Crippen LogP contribution in [0.5, 0.6) is 0 Å². The first-order chi connectivity index (χ1) is 11.9. The maximum atomic E-state index is 12.9. The Hall–Kier alpha value is -0.400. The highest BCUT2D eigenvalue weighted by Crippen LogP contribution is 2.51. The highest BCUT2D eigenvalue weighted by atomic mass is 35.7. The van der Waals surface area contributed by atoms with Gasteiger partial charge in [0.2, 0.25) is 9.05 Å². The average molecular weight is 416 g/mol. The van der Waals surface area contributed by atoms with Gasteiger partial charge in [-0.25, -0.2) is 8.42 Å². The topological polar surface area (TPSA) is 37.4 Å². The van der Waals surface area contributed by atoms with Gasteiger partial charge in [0.1, 0.15) is 0 Å². The Bertz CT molecular complexity index is 768. The number of fused-ring (bicyclic) bond motifs is 2. The molecular weight excluding hydrogens is 394 g/mol. The van der Waals surface area contributed by atoms with Crippen LogP contribution in [0.2, 0.25) is 0 Å². The predicted octanol–water partition coefficient (Wildman–Crippen LogP) is 4.88. The largest absolute Gasteiger partial charge is 0.300 e. The van der Waals surface area contributed by atoms with E-state index < -0.39 is 13.8 Å². The molecule has 2 bridgehead atoms. The number of piperidine rings is 1. The molecule has 4 heterocycles. The Balaban J connectivity index is 1.76. The zero-order chi connectivity index (χ0) is 17.7. The summed E-state index contributed by atoms with van der Waals surface area (Å²) in [6.45, 7) is 0. The van der Waals surface area contributed by atoms with Gasteiger partial charge in [-0.15, -0.1) is 22.7 Å². The summed E-state index contributed by atoms with van der Waals surface area (Å²) < 4.78 is 24.8. The Morgan fingerprint density at radius 2 is 1.64 bits per heavy atom. The lowest BCUT2D eigenvalue weighted by molar-refractivity contribution is 0.125. The number of hydrogen-bond donors (Lipinski definition) is 0.